The Labute approximate surface area is 147 Å². The number of rotatable bonds is 6. The van der Waals surface area contributed by atoms with Crippen LogP contribution in [0.2, 0.25) is 0 Å². The molecule has 0 saturated carbocycles. The molecule has 0 spiro atoms. The van der Waals surface area contributed by atoms with Gasteiger partial charge in [0.2, 0.25) is 5.91 Å². The Hall–Kier alpha value is -2.54. The van der Waals surface area contributed by atoms with E-state index >= 15 is 0 Å². The van der Waals surface area contributed by atoms with E-state index in [1.54, 1.807) is 18.6 Å². The zero-order chi connectivity index (χ0) is 17.5. The molecule has 0 radical (unpaired) electrons. The van der Waals surface area contributed by atoms with Gasteiger partial charge < -0.3 is 15.0 Å². The molecule has 25 heavy (non-hydrogen) atoms. The van der Waals surface area contributed by atoms with Crippen molar-refractivity contribution in [2.75, 3.05) is 33.3 Å². The van der Waals surface area contributed by atoms with Crippen LogP contribution in [-0.4, -0.2) is 59.0 Å². The summed E-state index contributed by atoms with van der Waals surface area (Å²) in [6.07, 6.45) is 6.93. The Kier molecular flexibility index (Phi) is 5.90. The minimum Gasteiger partial charge on any atom is -0.462 e. The molecule has 1 aliphatic rings. The third-order valence-corrected chi connectivity index (χ3v) is 4.31. The second-order valence-electron chi connectivity index (χ2n) is 6.19. The van der Waals surface area contributed by atoms with Gasteiger partial charge in [-0.2, -0.15) is 0 Å². The summed E-state index contributed by atoms with van der Waals surface area (Å²) in [7, 11) is 2.08. The second kappa shape index (κ2) is 8.53. The fraction of sp³-hybridized carbons (Fsp3) is 0.444. The first-order valence-electron chi connectivity index (χ1n) is 8.55. The van der Waals surface area contributed by atoms with E-state index in [0.717, 1.165) is 37.2 Å². The van der Waals surface area contributed by atoms with Gasteiger partial charge in [-0.3, -0.25) is 9.78 Å². The molecule has 0 aromatic carbocycles. The molecule has 0 aliphatic carbocycles. The average Bonchev–Trinajstić information content (AvgIpc) is 2.67. The van der Waals surface area contributed by atoms with Crippen molar-refractivity contribution in [3.05, 3.63) is 36.8 Å². The molecule has 7 nitrogen and oxygen atoms in total. The van der Waals surface area contributed by atoms with Crippen molar-refractivity contribution < 1.29 is 9.53 Å². The fourth-order valence-electron chi connectivity index (χ4n) is 2.79. The van der Waals surface area contributed by atoms with Gasteiger partial charge in [-0.15, -0.1) is 0 Å². The Bertz CT molecular complexity index is 670. The number of likely N-dealkylation sites (tertiary alicyclic amines) is 1. The SMILES string of the molecule is CN1CCC(C(=O)NCCOc2ncc(-c3ccccn3)cn2)CC1. The molecule has 2 aromatic heterocycles. The topological polar surface area (TPSA) is 80.2 Å². The van der Waals surface area contributed by atoms with E-state index < -0.39 is 0 Å². The molecule has 3 rings (SSSR count). The molecule has 1 saturated heterocycles. The number of pyridine rings is 1. The summed E-state index contributed by atoms with van der Waals surface area (Å²) in [6.45, 7) is 2.76. The Balaban J connectivity index is 1.40. The van der Waals surface area contributed by atoms with Crippen molar-refractivity contribution in [1.82, 2.24) is 25.2 Å². The largest absolute Gasteiger partial charge is 0.462 e. The van der Waals surface area contributed by atoms with Gasteiger partial charge in [-0.25, -0.2) is 9.97 Å². The van der Waals surface area contributed by atoms with Crippen molar-refractivity contribution in [2.24, 2.45) is 5.92 Å². The lowest BCUT2D eigenvalue weighted by Gasteiger charge is -2.27. The predicted octanol–water partition coefficient (Wildman–Crippen LogP) is 1.38. The summed E-state index contributed by atoms with van der Waals surface area (Å²) < 4.78 is 5.49. The van der Waals surface area contributed by atoms with Crippen LogP contribution in [0.5, 0.6) is 6.01 Å². The maximum atomic E-state index is 12.1. The zero-order valence-corrected chi connectivity index (χ0v) is 14.4. The van der Waals surface area contributed by atoms with E-state index in [-0.39, 0.29) is 11.8 Å². The molecule has 0 unspecified atom stereocenters. The maximum absolute atomic E-state index is 12.1. The molecule has 1 fully saturated rings. The minimum atomic E-state index is 0.114. The van der Waals surface area contributed by atoms with Crippen LogP contribution in [0.1, 0.15) is 12.8 Å². The molecule has 7 heteroatoms. The van der Waals surface area contributed by atoms with Crippen molar-refractivity contribution in [1.29, 1.82) is 0 Å². The lowest BCUT2D eigenvalue weighted by Crippen LogP contribution is -2.40. The highest BCUT2D eigenvalue weighted by Gasteiger charge is 2.22. The van der Waals surface area contributed by atoms with Gasteiger partial charge in [0.25, 0.3) is 0 Å². The smallest absolute Gasteiger partial charge is 0.316 e. The lowest BCUT2D eigenvalue weighted by molar-refractivity contribution is -0.126. The summed E-state index contributed by atoms with van der Waals surface area (Å²) in [6, 6.07) is 5.98. The number of ether oxygens (including phenoxy) is 1. The first-order valence-corrected chi connectivity index (χ1v) is 8.55. The maximum Gasteiger partial charge on any atom is 0.316 e. The highest BCUT2D eigenvalue weighted by molar-refractivity contribution is 5.78. The Morgan fingerprint density at radius 3 is 2.68 bits per heavy atom. The van der Waals surface area contributed by atoms with Gasteiger partial charge >= 0.3 is 6.01 Å². The van der Waals surface area contributed by atoms with Crippen LogP contribution < -0.4 is 10.1 Å². The number of piperidine rings is 1. The van der Waals surface area contributed by atoms with Crippen molar-refractivity contribution in [3.63, 3.8) is 0 Å². The van der Waals surface area contributed by atoms with Gasteiger partial charge in [-0.05, 0) is 45.1 Å². The van der Waals surface area contributed by atoms with E-state index in [1.807, 2.05) is 18.2 Å². The average molecular weight is 341 g/mol. The first-order chi connectivity index (χ1) is 12.2. The summed E-state index contributed by atoms with van der Waals surface area (Å²) in [4.78, 5) is 27.0. The van der Waals surface area contributed by atoms with Gasteiger partial charge in [0, 0.05) is 30.1 Å². The summed E-state index contributed by atoms with van der Waals surface area (Å²) in [5, 5.41) is 2.93. The number of nitrogens with one attached hydrogen (secondary N) is 1. The molecule has 0 bridgehead atoms. The monoisotopic (exact) mass is 341 g/mol. The zero-order valence-electron chi connectivity index (χ0n) is 14.4. The van der Waals surface area contributed by atoms with E-state index in [1.165, 1.54) is 0 Å². The van der Waals surface area contributed by atoms with Gasteiger partial charge in [0.05, 0.1) is 12.2 Å². The van der Waals surface area contributed by atoms with Crippen molar-refractivity contribution in [3.8, 4) is 17.3 Å². The third kappa shape index (κ3) is 4.96. The second-order valence-corrected chi connectivity index (χ2v) is 6.19. The molecule has 0 atom stereocenters. The summed E-state index contributed by atoms with van der Waals surface area (Å²) in [5.74, 6) is 0.230. The molecule has 132 valence electrons. The van der Waals surface area contributed by atoms with Crippen LogP contribution >= 0.6 is 0 Å². The van der Waals surface area contributed by atoms with Gasteiger partial charge in [0.1, 0.15) is 6.61 Å². The van der Waals surface area contributed by atoms with Crippen LogP contribution in [0.25, 0.3) is 11.3 Å². The molecule has 1 N–H and O–H groups in total. The number of amides is 1. The Morgan fingerprint density at radius 2 is 2.00 bits per heavy atom. The van der Waals surface area contributed by atoms with Crippen molar-refractivity contribution in [2.45, 2.75) is 12.8 Å². The third-order valence-electron chi connectivity index (χ3n) is 4.31. The van der Waals surface area contributed by atoms with Crippen molar-refractivity contribution >= 4 is 5.91 Å². The summed E-state index contributed by atoms with van der Waals surface area (Å²) in [5.41, 5.74) is 1.66. The predicted molar refractivity (Wildman–Crippen MR) is 94.0 cm³/mol. The quantitative estimate of drug-likeness (QED) is 0.800. The standard InChI is InChI=1S/C18H23N5O2/c1-23-9-5-14(6-10-23)17(24)20-8-11-25-18-21-12-15(13-22-18)16-4-2-3-7-19-16/h2-4,7,12-14H,5-6,8-11H2,1H3,(H,20,24). The number of nitrogens with zero attached hydrogens (tertiary/aromatic N) is 4. The molecule has 2 aromatic rings. The fourth-order valence-corrected chi connectivity index (χ4v) is 2.79. The van der Waals surface area contributed by atoms with Gasteiger partial charge in [-0.1, -0.05) is 6.07 Å². The molecule has 3 heterocycles. The van der Waals surface area contributed by atoms with E-state index in [0.29, 0.717) is 19.2 Å². The number of hydrogen-bond donors (Lipinski definition) is 1. The lowest BCUT2D eigenvalue weighted by atomic mass is 9.96. The summed E-state index contributed by atoms with van der Waals surface area (Å²) >= 11 is 0. The molecular formula is C18H23N5O2. The number of aromatic nitrogens is 3. The van der Waals surface area contributed by atoms with Gasteiger partial charge in [0.15, 0.2) is 0 Å². The number of carbonyl (C=O) groups is 1. The molecular weight excluding hydrogens is 318 g/mol. The van der Waals surface area contributed by atoms with Crippen LogP contribution in [0.15, 0.2) is 36.8 Å². The molecule has 1 amide bonds. The first kappa shape index (κ1) is 17.3. The molecule has 1 aliphatic heterocycles. The van der Waals surface area contributed by atoms with E-state index in [9.17, 15) is 4.79 Å². The Morgan fingerprint density at radius 1 is 1.24 bits per heavy atom. The van der Waals surface area contributed by atoms with Crippen LogP contribution in [-0.2, 0) is 4.79 Å². The number of carbonyl (C=O) groups excluding carboxylic acids is 1. The highest BCUT2D eigenvalue weighted by atomic mass is 16.5. The van der Waals surface area contributed by atoms with Crippen LogP contribution in [0, 0.1) is 5.92 Å². The van der Waals surface area contributed by atoms with Crippen LogP contribution in [0.4, 0.5) is 0 Å². The minimum absolute atomic E-state index is 0.114. The van der Waals surface area contributed by atoms with Crippen LogP contribution in [0.3, 0.4) is 0 Å². The van der Waals surface area contributed by atoms with E-state index in [2.05, 4.69) is 32.2 Å². The highest BCUT2D eigenvalue weighted by Crippen LogP contribution is 2.16. The van der Waals surface area contributed by atoms with E-state index in [4.69, 9.17) is 4.74 Å². The normalized spacial score (nSPS) is 15.7. The number of hydrogen-bond acceptors (Lipinski definition) is 6.